The van der Waals surface area contributed by atoms with Gasteiger partial charge < -0.3 is 19.9 Å². The summed E-state index contributed by atoms with van der Waals surface area (Å²) in [5.74, 6) is -0.662. The van der Waals surface area contributed by atoms with Crippen LogP contribution in [0.5, 0.6) is 0 Å². The fourth-order valence-corrected chi connectivity index (χ4v) is 2.85. The molecular weight excluding hydrogens is 324 g/mol. The van der Waals surface area contributed by atoms with Crippen LogP contribution in [0.15, 0.2) is 36.7 Å². The predicted molar refractivity (Wildman–Crippen MR) is 88.5 cm³/mol. The predicted octanol–water partition coefficient (Wildman–Crippen LogP) is 0.580. The molecule has 2 aromatic rings. The minimum atomic E-state index is -0.890. The van der Waals surface area contributed by atoms with Crippen LogP contribution >= 0.6 is 0 Å². The van der Waals surface area contributed by atoms with Crippen molar-refractivity contribution >= 4 is 17.8 Å². The summed E-state index contributed by atoms with van der Waals surface area (Å²) in [6.45, 7) is 0.657. The third-order valence-corrected chi connectivity index (χ3v) is 4.09. The lowest BCUT2D eigenvalue weighted by Gasteiger charge is -2.34. The second kappa shape index (κ2) is 7.16. The van der Waals surface area contributed by atoms with Crippen LogP contribution in [0.4, 0.5) is 0 Å². The maximum absolute atomic E-state index is 13.1. The van der Waals surface area contributed by atoms with E-state index in [9.17, 15) is 14.4 Å². The Morgan fingerprint density at radius 1 is 1.36 bits per heavy atom. The number of piperazine rings is 1. The van der Waals surface area contributed by atoms with Gasteiger partial charge >= 0.3 is 5.97 Å². The molecular formula is C17H18N4O4. The highest BCUT2D eigenvalue weighted by Crippen LogP contribution is 2.23. The van der Waals surface area contributed by atoms with Crippen LogP contribution in [-0.4, -0.2) is 58.9 Å². The van der Waals surface area contributed by atoms with Crippen molar-refractivity contribution in [3.05, 3.63) is 42.2 Å². The Balaban J connectivity index is 1.94. The molecule has 1 aliphatic heterocycles. The van der Waals surface area contributed by atoms with Gasteiger partial charge in [-0.05, 0) is 6.07 Å². The van der Waals surface area contributed by atoms with Crippen LogP contribution in [-0.2, 0) is 14.3 Å². The molecule has 2 N–H and O–H groups in total. The average Bonchev–Trinajstić information content (AvgIpc) is 3.17. The number of carbonyl (C=O) groups is 3. The van der Waals surface area contributed by atoms with E-state index in [1.807, 2.05) is 6.07 Å². The first-order valence-corrected chi connectivity index (χ1v) is 7.86. The SMILES string of the molecule is COC(=O)CC1C(=O)NCCN1C(=O)c1ccccc1-c1ncc[nH]1. The van der Waals surface area contributed by atoms with Gasteiger partial charge in [0, 0.05) is 31.0 Å². The maximum atomic E-state index is 13.1. The number of hydrogen-bond acceptors (Lipinski definition) is 5. The van der Waals surface area contributed by atoms with Crippen molar-refractivity contribution in [2.75, 3.05) is 20.2 Å². The fourth-order valence-electron chi connectivity index (χ4n) is 2.85. The lowest BCUT2D eigenvalue weighted by atomic mass is 10.0. The second-order valence-corrected chi connectivity index (χ2v) is 5.57. The minimum Gasteiger partial charge on any atom is -0.469 e. The first-order valence-electron chi connectivity index (χ1n) is 7.86. The molecule has 8 heteroatoms. The number of H-pyrrole nitrogens is 1. The van der Waals surface area contributed by atoms with Crippen LogP contribution in [0.1, 0.15) is 16.8 Å². The Morgan fingerprint density at radius 3 is 2.88 bits per heavy atom. The van der Waals surface area contributed by atoms with Crippen molar-refractivity contribution in [2.45, 2.75) is 12.5 Å². The number of imidazole rings is 1. The standard InChI is InChI=1S/C17H18N4O4/c1-25-14(22)10-13-16(23)20-8-9-21(13)17(24)12-5-3-2-4-11(12)15-18-6-7-19-15/h2-7,13H,8-10H2,1H3,(H,18,19)(H,20,23). The molecule has 2 heterocycles. The lowest BCUT2D eigenvalue weighted by Crippen LogP contribution is -2.57. The molecule has 1 aromatic heterocycles. The van der Waals surface area contributed by atoms with Crippen LogP contribution < -0.4 is 5.32 Å². The van der Waals surface area contributed by atoms with Gasteiger partial charge in [0.1, 0.15) is 11.9 Å². The van der Waals surface area contributed by atoms with Crippen LogP contribution in [0, 0.1) is 0 Å². The van der Waals surface area contributed by atoms with E-state index < -0.39 is 12.0 Å². The number of aromatic amines is 1. The Kier molecular flexibility index (Phi) is 4.78. The molecule has 1 fully saturated rings. The Hall–Kier alpha value is -3.16. The van der Waals surface area contributed by atoms with Gasteiger partial charge in [-0.3, -0.25) is 14.4 Å². The van der Waals surface area contributed by atoms with Crippen molar-refractivity contribution < 1.29 is 19.1 Å². The molecule has 2 amide bonds. The third kappa shape index (κ3) is 3.37. The third-order valence-electron chi connectivity index (χ3n) is 4.09. The normalized spacial score (nSPS) is 17.1. The molecule has 8 nitrogen and oxygen atoms in total. The van der Waals surface area contributed by atoms with E-state index in [0.29, 0.717) is 30.0 Å². The molecule has 0 spiro atoms. The van der Waals surface area contributed by atoms with E-state index in [1.54, 1.807) is 30.6 Å². The molecule has 1 aromatic carbocycles. The monoisotopic (exact) mass is 342 g/mol. The van der Waals surface area contributed by atoms with Crippen molar-refractivity contribution in [2.24, 2.45) is 0 Å². The molecule has 1 saturated heterocycles. The number of esters is 1. The van der Waals surface area contributed by atoms with E-state index in [-0.39, 0.29) is 18.2 Å². The summed E-state index contributed by atoms with van der Waals surface area (Å²) in [5, 5.41) is 2.68. The summed E-state index contributed by atoms with van der Waals surface area (Å²) in [6, 6.07) is 6.13. The number of hydrogen-bond donors (Lipinski definition) is 2. The number of amides is 2. The first-order chi connectivity index (χ1) is 12.1. The number of methoxy groups -OCH3 is 1. The number of benzene rings is 1. The summed E-state index contributed by atoms with van der Waals surface area (Å²) < 4.78 is 4.65. The summed E-state index contributed by atoms with van der Waals surface area (Å²) in [4.78, 5) is 45.5. The zero-order valence-electron chi connectivity index (χ0n) is 13.7. The number of rotatable bonds is 4. The molecule has 1 atom stereocenters. The Morgan fingerprint density at radius 2 is 2.16 bits per heavy atom. The van der Waals surface area contributed by atoms with Gasteiger partial charge in [-0.15, -0.1) is 0 Å². The summed E-state index contributed by atoms with van der Waals surface area (Å²) in [5.41, 5.74) is 1.06. The molecule has 130 valence electrons. The first kappa shape index (κ1) is 16.7. The highest BCUT2D eigenvalue weighted by Gasteiger charge is 2.36. The zero-order chi connectivity index (χ0) is 17.8. The molecule has 0 bridgehead atoms. The number of nitrogens with zero attached hydrogens (tertiary/aromatic N) is 2. The van der Waals surface area contributed by atoms with Crippen LogP contribution in [0.25, 0.3) is 11.4 Å². The quantitative estimate of drug-likeness (QED) is 0.791. The fraction of sp³-hybridized carbons (Fsp3) is 0.294. The van der Waals surface area contributed by atoms with Gasteiger partial charge in [0.25, 0.3) is 5.91 Å². The Bertz CT molecular complexity index is 788. The molecule has 25 heavy (non-hydrogen) atoms. The van der Waals surface area contributed by atoms with Gasteiger partial charge in [-0.1, -0.05) is 18.2 Å². The second-order valence-electron chi connectivity index (χ2n) is 5.57. The van der Waals surface area contributed by atoms with E-state index in [2.05, 4.69) is 20.0 Å². The molecule has 0 aliphatic carbocycles. The van der Waals surface area contributed by atoms with Gasteiger partial charge in [0.15, 0.2) is 0 Å². The van der Waals surface area contributed by atoms with Crippen LogP contribution in [0.2, 0.25) is 0 Å². The molecule has 0 saturated carbocycles. The Labute approximate surface area is 144 Å². The van der Waals surface area contributed by atoms with Crippen molar-refractivity contribution in [3.63, 3.8) is 0 Å². The number of nitrogens with one attached hydrogen (secondary N) is 2. The smallest absolute Gasteiger partial charge is 0.308 e. The molecule has 3 rings (SSSR count). The molecule has 0 radical (unpaired) electrons. The molecule has 1 unspecified atom stereocenters. The minimum absolute atomic E-state index is 0.184. The van der Waals surface area contributed by atoms with Gasteiger partial charge in [0.05, 0.1) is 19.1 Å². The average molecular weight is 342 g/mol. The maximum Gasteiger partial charge on any atom is 0.308 e. The summed E-state index contributed by atoms with van der Waals surface area (Å²) >= 11 is 0. The van der Waals surface area contributed by atoms with E-state index in [0.717, 1.165) is 0 Å². The zero-order valence-corrected chi connectivity index (χ0v) is 13.7. The summed E-state index contributed by atoms with van der Waals surface area (Å²) in [6.07, 6.45) is 3.09. The van der Waals surface area contributed by atoms with E-state index in [1.165, 1.54) is 12.0 Å². The molecule has 1 aliphatic rings. The number of carbonyl (C=O) groups excluding carboxylic acids is 3. The van der Waals surface area contributed by atoms with E-state index >= 15 is 0 Å². The number of aromatic nitrogens is 2. The van der Waals surface area contributed by atoms with Crippen molar-refractivity contribution in [1.29, 1.82) is 0 Å². The highest BCUT2D eigenvalue weighted by molar-refractivity contribution is 6.03. The van der Waals surface area contributed by atoms with Crippen LogP contribution in [0.3, 0.4) is 0 Å². The highest BCUT2D eigenvalue weighted by atomic mass is 16.5. The topological polar surface area (TPSA) is 104 Å². The summed E-state index contributed by atoms with van der Waals surface area (Å²) in [7, 11) is 1.25. The van der Waals surface area contributed by atoms with Crippen molar-refractivity contribution in [1.82, 2.24) is 20.2 Å². The van der Waals surface area contributed by atoms with Gasteiger partial charge in [-0.25, -0.2) is 4.98 Å². The van der Waals surface area contributed by atoms with Gasteiger partial charge in [0.2, 0.25) is 5.91 Å². The van der Waals surface area contributed by atoms with Gasteiger partial charge in [-0.2, -0.15) is 0 Å². The lowest BCUT2D eigenvalue weighted by molar-refractivity contribution is -0.145. The van der Waals surface area contributed by atoms with Crippen molar-refractivity contribution in [3.8, 4) is 11.4 Å². The largest absolute Gasteiger partial charge is 0.469 e. The number of ether oxygens (including phenoxy) is 1. The van der Waals surface area contributed by atoms with E-state index in [4.69, 9.17) is 0 Å².